The number of nitrogens with zero attached hydrogens (tertiary/aromatic N) is 1. The summed E-state index contributed by atoms with van der Waals surface area (Å²) in [7, 11) is 0. The van der Waals surface area contributed by atoms with Crippen LogP contribution in [0.4, 0.5) is 0 Å². The van der Waals surface area contributed by atoms with Gasteiger partial charge in [0.2, 0.25) is 0 Å². The molecule has 0 radical (unpaired) electrons. The molecular weight excluding hydrogens is 214 g/mol. The summed E-state index contributed by atoms with van der Waals surface area (Å²) in [6.45, 7) is 3.50. The van der Waals surface area contributed by atoms with Gasteiger partial charge in [0.05, 0.1) is 0 Å². The predicted molar refractivity (Wildman–Crippen MR) is 65.5 cm³/mol. The van der Waals surface area contributed by atoms with Crippen LogP contribution in [-0.2, 0) is 0 Å². The number of hydrogen-bond donors (Lipinski definition) is 0. The van der Waals surface area contributed by atoms with Crippen molar-refractivity contribution in [1.82, 2.24) is 4.98 Å². The van der Waals surface area contributed by atoms with Crippen LogP contribution >= 0.6 is 0 Å². The molecule has 1 aromatic heterocycles. The van der Waals surface area contributed by atoms with Crippen LogP contribution < -0.4 is 4.74 Å². The van der Waals surface area contributed by atoms with Gasteiger partial charge in [0, 0.05) is 19.2 Å². The first-order valence-corrected chi connectivity index (χ1v) is 5.36. The van der Waals surface area contributed by atoms with Crippen molar-refractivity contribution in [1.29, 1.82) is 0 Å². The van der Waals surface area contributed by atoms with Gasteiger partial charge in [-0.3, -0.25) is 9.78 Å². The highest BCUT2D eigenvalue weighted by atomic mass is 16.5. The fourth-order valence-corrected chi connectivity index (χ4v) is 1.41. The number of carbonyl (C=O) groups excluding carboxylic acids is 1. The van der Waals surface area contributed by atoms with Crippen LogP contribution in [-0.4, -0.2) is 10.8 Å². The molecule has 0 amide bonds. The predicted octanol–water partition coefficient (Wildman–Crippen LogP) is 3.38. The summed E-state index contributed by atoms with van der Waals surface area (Å²) in [5, 5.41) is 0. The second-order valence-corrected chi connectivity index (χ2v) is 3.85. The lowest BCUT2D eigenvalue weighted by Gasteiger charge is -2.06. The maximum atomic E-state index is 11.2. The Kier molecular flexibility index (Phi) is 3.19. The van der Waals surface area contributed by atoms with Gasteiger partial charge in [0.25, 0.3) is 0 Å². The summed E-state index contributed by atoms with van der Waals surface area (Å²) in [4.78, 5) is 15.1. The molecule has 0 atom stereocenters. The lowest BCUT2D eigenvalue weighted by atomic mass is 10.2. The molecule has 0 saturated heterocycles. The Morgan fingerprint density at radius 1 is 1.12 bits per heavy atom. The first kappa shape index (κ1) is 11.3. The number of ketones is 1. The molecule has 2 rings (SSSR count). The fraction of sp³-hybridized carbons (Fsp3) is 0.143. The minimum Gasteiger partial charge on any atom is -0.457 e. The van der Waals surface area contributed by atoms with E-state index < -0.39 is 0 Å². The molecule has 0 bridgehead atoms. The number of benzene rings is 1. The molecule has 0 saturated carbocycles. The third-order valence-corrected chi connectivity index (χ3v) is 2.35. The molecule has 0 aliphatic carbocycles. The van der Waals surface area contributed by atoms with Gasteiger partial charge in [-0.1, -0.05) is 17.7 Å². The van der Waals surface area contributed by atoms with Gasteiger partial charge in [-0.15, -0.1) is 0 Å². The molecule has 0 N–H and O–H groups in total. The van der Waals surface area contributed by atoms with E-state index in [9.17, 15) is 4.79 Å². The number of rotatable bonds is 3. The second kappa shape index (κ2) is 4.78. The van der Waals surface area contributed by atoms with Crippen molar-refractivity contribution < 1.29 is 9.53 Å². The molecule has 0 aliphatic rings. The second-order valence-electron chi connectivity index (χ2n) is 3.85. The number of aryl methyl sites for hydroxylation is 1. The minimum atomic E-state index is -0.0700. The van der Waals surface area contributed by atoms with E-state index in [0.29, 0.717) is 11.4 Å². The first-order valence-electron chi connectivity index (χ1n) is 5.36. The molecular formula is C14H13NO2. The zero-order chi connectivity index (χ0) is 12.3. The maximum absolute atomic E-state index is 11.2. The van der Waals surface area contributed by atoms with E-state index in [4.69, 9.17) is 4.74 Å². The molecule has 3 heteroatoms. The van der Waals surface area contributed by atoms with E-state index in [1.807, 2.05) is 31.2 Å². The average molecular weight is 227 g/mol. The Bertz CT molecular complexity index is 532. The summed E-state index contributed by atoms with van der Waals surface area (Å²) in [6, 6.07) is 11.1. The van der Waals surface area contributed by atoms with E-state index in [2.05, 4.69) is 4.98 Å². The lowest BCUT2D eigenvalue weighted by Crippen LogP contribution is -1.96. The van der Waals surface area contributed by atoms with E-state index in [0.717, 1.165) is 5.75 Å². The highest BCUT2D eigenvalue weighted by Gasteiger charge is 2.03. The molecule has 17 heavy (non-hydrogen) atoms. The Hall–Kier alpha value is -2.16. The highest BCUT2D eigenvalue weighted by molar-refractivity contribution is 5.92. The van der Waals surface area contributed by atoms with Crippen molar-refractivity contribution in [3.8, 4) is 11.5 Å². The Morgan fingerprint density at radius 3 is 2.47 bits per heavy atom. The van der Waals surface area contributed by atoms with Crippen molar-refractivity contribution in [3.63, 3.8) is 0 Å². The van der Waals surface area contributed by atoms with Crippen LogP contribution in [0.3, 0.4) is 0 Å². The van der Waals surface area contributed by atoms with Gasteiger partial charge < -0.3 is 4.74 Å². The van der Waals surface area contributed by atoms with Crippen LogP contribution in [0.5, 0.6) is 11.5 Å². The number of aromatic nitrogens is 1. The van der Waals surface area contributed by atoms with Gasteiger partial charge in [-0.05, 0) is 25.1 Å². The lowest BCUT2D eigenvalue weighted by molar-refractivity contribution is 0.101. The number of ether oxygens (including phenoxy) is 1. The maximum Gasteiger partial charge on any atom is 0.178 e. The van der Waals surface area contributed by atoms with Crippen LogP contribution in [0.1, 0.15) is 23.0 Å². The Labute approximate surface area is 100 Å². The van der Waals surface area contributed by atoms with Crippen LogP contribution in [0.15, 0.2) is 42.6 Å². The topological polar surface area (TPSA) is 39.2 Å². The number of pyridine rings is 1. The largest absolute Gasteiger partial charge is 0.457 e. The van der Waals surface area contributed by atoms with Gasteiger partial charge in [0.15, 0.2) is 5.78 Å². The van der Waals surface area contributed by atoms with E-state index >= 15 is 0 Å². The normalized spacial score (nSPS) is 10.0. The zero-order valence-corrected chi connectivity index (χ0v) is 9.81. The van der Waals surface area contributed by atoms with Crippen molar-refractivity contribution in [2.45, 2.75) is 13.8 Å². The summed E-state index contributed by atoms with van der Waals surface area (Å²) in [5.74, 6) is 1.30. The van der Waals surface area contributed by atoms with Crippen LogP contribution in [0, 0.1) is 6.92 Å². The molecule has 0 aliphatic heterocycles. The molecule has 1 aromatic carbocycles. The van der Waals surface area contributed by atoms with E-state index in [-0.39, 0.29) is 5.78 Å². The minimum absolute atomic E-state index is 0.0700. The van der Waals surface area contributed by atoms with E-state index in [1.165, 1.54) is 12.5 Å². The standard InChI is InChI=1S/C14H13NO2/c1-10-3-5-12(6-4-10)17-13-7-8-15-14(9-13)11(2)16/h3-9H,1-2H3. The van der Waals surface area contributed by atoms with Gasteiger partial charge in [0.1, 0.15) is 17.2 Å². The molecule has 86 valence electrons. The fourth-order valence-electron chi connectivity index (χ4n) is 1.41. The molecule has 0 spiro atoms. The highest BCUT2D eigenvalue weighted by Crippen LogP contribution is 2.21. The summed E-state index contributed by atoms with van der Waals surface area (Å²) in [5.41, 5.74) is 1.59. The van der Waals surface area contributed by atoms with Crippen molar-refractivity contribution in [2.24, 2.45) is 0 Å². The van der Waals surface area contributed by atoms with Crippen LogP contribution in [0.25, 0.3) is 0 Å². The van der Waals surface area contributed by atoms with Gasteiger partial charge in [-0.25, -0.2) is 0 Å². The van der Waals surface area contributed by atoms with E-state index in [1.54, 1.807) is 18.3 Å². The summed E-state index contributed by atoms with van der Waals surface area (Å²) < 4.78 is 5.63. The summed E-state index contributed by atoms with van der Waals surface area (Å²) >= 11 is 0. The van der Waals surface area contributed by atoms with Crippen molar-refractivity contribution in [3.05, 3.63) is 53.9 Å². The number of carbonyl (C=O) groups is 1. The van der Waals surface area contributed by atoms with Crippen molar-refractivity contribution >= 4 is 5.78 Å². The Morgan fingerprint density at radius 2 is 1.82 bits per heavy atom. The SMILES string of the molecule is CC(=O)c1cc(Oc2ccc(C)cc2)ccn1. The smallest absolute Gasteiger partial charge is 0.178 e. The number of hydrogen-bond acceptors (Lipinski definition) is 3. The first-order chi connectivity index (χ1) is 8.15. The van der Waals surface area contributed by atoms with Gasteiger partial charge in [-0.2, -0.15) is 0 Å². The van der Waals surface area contributed by atoms with Crippen LogP contribution in [0.2, 0.25) is 0 Å². The third kappa shape index (κ3) is 2.91. The Balaban J connectivity index is 2.21. The number of Topliss-reactive ketones (excluding diaryl/α,β-unsaturated/α-hetero) is 1. The summed E-state index contributed by atoms with van der Waals surface area (Å²) in [6.07, 6.45) is 1.57. The van der Waals surface area contributed by atoms with Crippen molar-refractivity contribution in [2.75, 3.05) is 0 Å². The zero-order valence-electron chi connectivity index (χ0n) is 9.81. The molecule has 0 unspecified atom stereocenters. The van der Waals surface area contributed by atoms with Gasteiger partial charge >= 0.3 is 0 Å². The third-order valence-electron chi connectivity index (χ3n) is 2.35. The molecule has 0 fully saturated rings. The molecule has 3 nitrogen and oxygen atoms in total. The monoisotopic (exact) mass is 227 g/mol. The molecule has 2 aromatic rings. The quantitative estimate of drug-likeness (QED) is 0.754. The molecule has 1 heterocycles. The average Bonchev–Trinajstić information content (AvgIpc) is 2.32.